The summed E-state index contributed by atoms with van der Waals surface area (Å²) in [5.74, 6) is 1.33. The van der Waals surface area contributed by atoms with Gasteiger partial charge in [-0.1, -0.05) is 61.4 Å². The van der Waals surface area contributed by atoms with Crippen LogP contribution >= 0.6 is 11.8 Å². The van der Waals surface area contributed by atoms with Gasteiger partial charge in [0.15, 0.2) is 5.16 Å². The molecule has 1 aromatic heterocycles. The number of aromatic nitrogens is 3. The molecule has 0 unspecified atom stereocenters. The van der Waals surface area contributed by atoms with Crippen LogP contribution in [-0.2, 0) is 23.0 Å². The number of nitrogens with zero attached hydrogens (tertiary/aromatic N) is 4. The number of amides is 1. The lowest BCUT2D eigenvalue weighted by molar-refractivity contribution is -0.119. The first-order valence-electron chi connectivity index (χ1n) is 11.3. The number of rotatable bonds is 8. The Morgan fingerprint density at radius 2 is 1.87 bits per heavy atom. The second kappa shape index (κ2) is 10.6. The first-order chi connectivity index (χ1) is 15.2. The minimum atomic E-state index is 0.0656. The fourth-order valence-electron chi connectivity index (χ4n) is 4.70. The highest BCUT2D eigenvalue weighted by molar-refractivity contribution is 7.99. The Kier molecular flexibility index (Phi) is 7.63. The van der Waals surface area contributed by atoms with E-state index in [2.05, 4.69) is 32.5 Å². The number of ether oxygens (including phenoxy) is 1. The average Bonchev–Trinajstić information content (AvgIpc) is 3.17. The van der Waals surface area contributed by atoms with Gasteiger partial charge in [-0.25, -0.2) is 0 Å². The van der Waals surface area contributed by atoms with Gasteiger partial charge in [-0.3, -0.25) is 9.69 Å². The fraction of sp³-hybridized carbons (Fsp3) is 0.609. The van der Waals surface area contributed by atoms with E-state index in [-0.39, 0.29) is 11.4 Å². The van der Waals surface area contributed by atoms with Gasteiger partial charge in [-0.15, -0.1) is 10.2 Å². The van der Waals surface area contributed by atoms with Crippen LogP contribution in [0, 0.1) is 0 Å². The molecule has 2 fully saturated rings. The van der Waals surface area contributed by atoms with Gasteiger partial charge in [-0.2, -0.15) is 0 Å². The van der Waals surface area contributed by atoms with E-state index >= 15 is 0 Å². The van der Waals surface area contributed by atoms with Crippen molar-refractivity contribution in [2.75, 3.05) is 38.6 Å². The van der Waals surface area contributed by atoms with Crippen LogP contribution in [0.1, 0.15) is 43.5 Å². The highest BCUT2D eigenvalue weighted by atomic mass is 32.2. The summed E-state index contributed by atoms with van der Waals surface area (Å²) in [4.78, 5) is 15.2. The Hall–Kier alpha value is -1.90. The molecule has 1 aliphatic carbocycles. The van der Waals surface area contributed by atoms with E-state index in [9.17, 15) is 4.79 Å². The van der Waals surface area contributed by atoms with Gasteiger partial charge < -0.3 is 14.6 Å². The van der Waals surface area contributed by atoms with E-state index in [1.807, 2.05) is 29.8 Å². The minimum absolute atomic E-state index is 0.0656. The second-order valence-corrected chi connectivity index (χ2v) is 9.51. The molecule has 1 aromatic carbocycles. The van der Waals surface area contributed by atoms with Crippen molar-refractivity contribution in [1.82, 2.24) is 25.0 Å². The van der Waals surface area contributed by atoms with E-state index in [0.29, 0.717) is 5.75 Å². The number of thioether (sulfide) groups is 1. The molecular weight excluding hydrogens is 410 g/mol. The number of benzene rings is 1. The van der Waals surface area contributed by atoms with E-state index in [1.54, 1.807) is 0 Å². The van der Waals surface area contributed by atoms with Crippen LogP contribution < -0.4 is 5.32 Å². The largest absolute Gasteiger partial charge is 0.379 e. The SMILES string of the molecule is Cn1c(Cc2ccccc2)nnc1SCC(=O)NCC1(N2CCOCC2)CCCCC1. The van der Waals surface area contributed by atoms with Gasteiger partial charge in [0.2, 0.25) is 5.91 Å². The summed E-state index contributed by atoms with van der Waals surface area (Å²) >= 11 is 1.45. The summed E-state index contributed by atoms with van der Waals surface area (Å²) in [5.41, 5.74) is 1.30. The van der Waals surface area contributed by atoms with Crippen molar-refractivity contribution in [3.63, 3.8) is 0 Å². The van der Waals surface area contributed by atoms with Gasteiger partial charge in [0, 0.05) is 38.6 Å². The molecule has 2 aliphatic rings. The summed E-state index contributed by atoms with van der Waals surface area (Å²) in [6.07, 6.45) is 6.84. The second-order valence-electron chi connectivity index (χ2n) is 8.57. The zero-order valence-corrected chi connectivity index (χ0v) is 19.2. The van der Waals surface area contributed by atoms with Crippen molar-refractivity contribution in [1.29, 1.82) is 0 Å². The molecule has 168 valence electrons. The smallest absolute Gasteiger partial charge is 0.230 e. The predicted molar refractivity (Wildman–Crippen MR) is 122 cm³/mol. The van der Waals surface area contributed by atoms with Crippen molar-refractivity contribution in [3.05, 3.63) is 41.7 Å². The monoisotopic (exact) mass is 443 g/mol. The van der Waals surface area contributed by atoms with E-state index in [1.165, 1.54) is 36.6 Å². The quantitative estimate of drug-likeness (QED) is 0.633. The zero-order valence-electron chi connectivity index (χ0n) is 18.4. The molecule has 1 aliphatic heterocycles. The maximum atomic E-state index is 12.7. The Labute approximate surface area is 188 Å². The molecule has 8 heteroatoms. The summed E-state index contributed by atoms with van der Waals surface area (Å²) in [6, 6.07) is 10.2. The summed E-state index contributed by atoms with van der Waals surface area (Å²) in [6.45, 7) is 4.25. The lowest BCUT2D eigenvalue weighted by Gasteiger charge is -2.48. The standard InChI is InChI=1S/C23H33N5O2S/c1-27-20(16-19-8-4-2-5-9-19)25-26-22(27)31-17-21(29)24-18-23(10-6-3-7-11-23)28-12-14-30-15-13-28/h2,4-5,8-9H,3,6-7,10-18H2,1H3,(H,24,29). The maximum Gasteiger partial charge on any atom is 0.230 e. The number of carbonyl (C=O) groups is 1. The van der Waals surface area contributed by atoms with Crippen LogP contribution in [0.15, 0.2) is 35.5 Å². The first kappa shape index (κ1) is 22.3. The normalized spacial score (nSPS) is 19.3. The number of morpholine rings is 1. The number of hydrogen-bond donors (Lipinski definition) is 1. The molecule has 0 radical (unpaired) electrons. The van der Waals surface area contributed by atoms with Gasteiger partial charge in [-0.05, 0) is 18.4 Å². The molecule has 2 aromatic rings. The fourth-order valence-corrected chi connectivity index (χ4v) is 5.46. The summed E-state index contributed by atoms with van der Waals surface area (Å²) in [7, 11) is 1.97. The Balaban J connectivity index is 1.29. The molecule has 1 saturated carbocycles. The zero-order chi connectivity index (χ0) is 21.5. The molecule has 4 rings (SSSR count). The van der Waals surface area contributed by atoms with Crippen LogP contribution in [0.3, 0.4) is 0 Å². The molecular formula is C23H33N5O2S. The number of carbonyl (C=O) groups excluding carboxylic acids is 1. The van der Waals surface area contributed by atoms with E-state index < -0.39 is 0 Å². The van der Waals surface area contributed by atoms with Crippen molar-refractivity contribution in [2.45, 2.75) is 49.2 Å². The number of nitrogens with one attached hydrogen (secondary N) is 1. The molecule has 0 atom stereocenters. The highest BCUT2D eigenvalue weighted by Crippen LogP contribution is 2.34. The third kappa shape index (κ3) is 5.67. The molecule has 31 heavy (non-hydrogen) atoms. The van der Waals surface area contributed by atoms with Crippen LogP contribution in [-0.4, -0.2) is 69.7 Å². The van der Waals surface area contributed by atoms with E-state index in [0.717, 1.165) is 63.1 Å². The molecule has 0 bridgehead atoms. The first-order valence-corrected chi connectivity index (χ1v) is 12.3. The third-order valence-electron chi connectivity index (χ3n) is 6.54. The van der Waals surface area contributed by atoms with Crippen molar-refractivity contribution in [2.24, 2.45) is 7.05 Å². The van der Waals surface area contributed by atoms with Crippen molar-refractivity contribution >= 4 is 17.7 Å². The molecule has 1 amide bonds. The summed E-state index contributed by atoms with van der Waals surface area (Å²) in [5, 5.41) is 12.6. The molecule has 0 spiro atoms. The minimum Gasteiger partial charge on any atom is -0.379 e. The average molecular weight is 444 g/mol. The molecule has 1 N–H and O–H groups in total. The molecule has 1 saturated heterocycles. The van der Waals surface area contributed by atoms with Crippen molar-refractivity contribution < 1.29 is 9.53 Å². The Bertz CT molecular complexity index is 845. The van der Waals surface area contributed by atoms with Gasteiger partial charge in [0.05, 0.1) is 19.0 Å². The topological polar surface area (TPSA) is 72.3 Å². The lowest BCUT2D eigenvalue weighted by atomic mass is 9.79. The van der Waals surface area contributed by atoms with Crippen LogP contribution in [0.5, 0.6) is 0 Å². The van der Waals surface area contributed by atoms with Crippen LogP contribution in [0.25, 0.3) is 0 Å². The maximum absolute atomic E-state index is 12.7. The highest BCUT2D eigenvalue weighted by Gasteiger charge is 2.38. The Morgan fingerprint density at radius 3 is 2.61 bits per heavy atom. The Morgan fingerprint density at radius 1 is 1.13 bits per heavy atom. The predicted octanol–water partition coefficient (Wildman–Crippen LogP) is 2.65. The number of hydrogen-bond acceptors (Lipinski definition) is 6. The van der Waals surface area contributed by atoms with Crippen LogP contribution in [0.4, 0.5) is 0 Å². The van der Waals surface area contributed by atoms with Gasteiger partial charge in [0.25, 0.3) is 0 Å². The van der Waals surface area contributed by atoms with Gasteiger partial charge >= 0.3 is 0 Å². The van der Waals surface area contributed by atoms with E-state index in [4.69, 9.17) is 4.74 Å². The van der Waals surface area contributed by atoms with Crippen LogP contribution in [0.2, 0.25) is 0 Å². The third-order valence-corrected chi connectivity index (χ3v) is 7.56. The molecule has 7 nitrogen and oxygen atoms in total. The summed E-state index contributed by atoms with van der Waals surface area (Å²) < 4.78 is 7.54. The van der Waals surface area contributed by atoms with Gasteiger partial charge in [0.1, 0.15) is 5.82 Å². The molecule has 2 heterocycles. The van der Waals surface area contributed by atoms with Crippen molar-refractivity contribution in [3.8, 4) is 0 Å². The lowest BCUT2D eigenvalue weighted by Crippen LogP contribution is -2.59.